The zero-order valence-corrected chi connectivity index (χ0v) is 11.2. The summed E-state index contributed by atoms with van der Waals surface area (Å²) in [4.78, 5) is 4.61. The van der Waals surface area contributed by atoms with Gasteiger partial charge < -0.3 is 9.84 Å². The van der Waals surface area contributed by atoms with Crippen molar-refractivity contribution in [3.8, 4) is 0 Å². The van der Waals surface area contributed by atoms with E-state index >= 15 is 0 Å². The first-order chi connectivity index (χ1) is 8.05. The summed E-state index contributed by atoms with van der Waals surface area (Å²) in [6.45, 7) is 7.97. The van der Waals surface area contributed by atoms with Crippen molar-refractivity contribution in [3.63, 3.8) is 0 Å². The van der Waals surface area contributed by atoms with Gasteiger partial charge in [0.2, 0.25) is 0 Å². The lowest BCUT2D eigenvalue weighted by atomic mass is 9.98. The van der Waals surface area contributed by atoms with Crippen LogP contribution < -0.4 is 5.32 Å². The molecule has 0 aromatic carbocycles. The number of aromatic nitrogens is 2. The van der Waals surface area contributed by atoms with Crippen LogP contribution in [0.25, 0.3) is 0 Å². The molecule has 1 N–H and O–H groups in total. The van der Waals surface area contributed by atoms with Gasteiger partial charge in [-0.3, -0.25) is 0 Å². The lowest BCUT2D eigenvalue weighted by Gasteiger charge is -2.13. The van der Waals surface area contributed by atoms with Gasteiger partial charge in [-0.25, -0.2) is 4.98 Å². The van der Waals surface area contributed by atoms with E-state index in [0.29, 0.717) is 6.54 Å². The molecule has 4 nitrogen and oxygen atoms in total. The van der Waals surface area contributed by atoms with Crippen LogP contribution in [0.3, 0.4) is 0 Å². The highest BCUT2D eigenvalue weighted by molar-refractivity contribution is 7.09. The van der Waals surface area contributed by atoms with Crippen molar-refractivity contribution in [1.82, 2.24) is 15.5 Å². The van der Waals surface area contributed by atoms with E-state index in [2.05, 4.69) is 41.6 Å². The van der Waals surface area contributed by atoms with Crippen LogP contribution in [0.15, 0.2) is 22.2 Å². The smallest absolute Gasteiger partial charge is 0.150 e. The van der Waals surface area contributed by atoms with E-state index in [0.717, 1.165) is 18.0 Å². The molecule has 0 radical (unpaired) electrons. The van der Waals surface area contributed by atoms with Crippen molar-refractivity contribution in [2.75, 3.05) is 0 Å². The van der Waals surface area contributed by atoms with Crippen LogP contribution in [0.4, 0.5) is 0 Å². The molecule has 2 aromatic heterocycles. The fourth-order valence-electron chi connectivity index (χ4n) is 1.38. The van der Waals surface area contributed by atoms with Crippen molar-refractivity contribution in [2.45, 2.75) is 39.3 Å². The van der Waals surface area contributed by atoms with E-state index in [1.807, 2.05) is 6.07 Å². The summed E-state index contributed by atoms with van der Waals surface area (Å²) in [5.74, 6) is 0.844. The number of hydrogen-bond donors (Lipinski definition) is 1. The van der Waals surface area contributed by atoms with Crippen molar-refractivity contribution in [2.24, 2.45) is 0 Å². The SMILES string of the molecule is CC(C)(C)c1nc(CNCc2ccno2)cs1. The Morgan fingerprint density at radius 3 is 2.76 bits per heavy atom. The molecule has 0 bridgehead atoms. The van der Waals surface area contributed by atoms with Gasteiger partial charge in [0.05, 0.1) is 23.4 Å². The number of nitrogens with zero attached hydrogens (tertiary/aromatic N) is 2. The fourth-order valence-corrected chi connectivity index (χ4v) is 2.29. The molecule has 0 spiro atoms. The van der Waals surface area contributed by atoms with Crippen LogP contribution in [-0.4, -0.2) is 10.1 Å². The molecule has 92 valence electrons. The molecule has 0 unspecified atom stereocenters. The minimum absolute atomic E-state index is 0.133. The molecule has 0 saturated heterocycles. The van der Waals surface area contributed by atoms with Gasteiger partial charge in [0.25, 0.3) is 0 Å². The Morgan fingerprint density at radius 1 is 1.35 bits per heavy atom. The largest absolute Gasteiger partial charge is 0.360 e. The summed E-state index contributed by atoms with van der Waals surface area (Å²) in [5, 5.41) is 10.2. The second kappa shape index (κ2) is 4.98. The molecule has 0 saturated carbocycles. The van der Waals surface area contributed by atoms with Gasteiger partial charge in [-0.1, -0.05) is 25.9 Å². The van der Waals surface area contributed by atoms with Crippen molar-refractivity contribution >= 4 is 11.3 Å². The molecule has 0 amide bonds. The van der Waals surface area contributed by atoms with Crippen molar-refractivity contribution < 1.29 is 4.52 Å². The first kappa shape index (κ1) is 12.3. The van der Waals surface area contributed by atoms with Crippen LogP contribution in [0, 0.1) is 0 Å². The predicted octanol–water partition coefficient (Wildman–Crippen LogP) is 2.72. The molecule has 0 aliphatic carbocycles. The molecule has 2 heterocycles. The summed E-state index contributed by atoms with van der Waals surface area (Å²) in [5.41, 5.74) is 1.22. The first-order valence-electron chi connectivity index (χ1n) is 5.61. The summed E-state index contributed by atoms with van der Waals surface area (Å²) in [6.07, 6.45) is 1.65. The zero-order chi connectivity index (χ0) is 12.3. The van der Waals surface area contributed by atoms with E-state index in [4.69, 9.17) is 4.52 Å². The third-order valence-electron chi connectivity index (χ3n) is 2.29. The van der Waals surface area contributed by atoms with Gasteiger partial charge in [0.1, 0.15) is 5.76 Å². The normalized spacial score (nSPS) is 11.9. The number of nitrogens with one attached hydrogen (secondary N) is 1. The third kappa shape index (κ3) is 3.38. The van der Waals surface area contributed by atoms with Gasteiger partial charge in [0.15, 0.2) is 0 Å². The minimum atomic E-state index is 0.133. The molecule has 0 fully saturated rings. The van der Waals surface area contributed by atoms with Crippen LogP contribution in [0.2, 0.25) is 0 Å². The Morgan fingerprint density at radius 2 is 2.18 bits per heavy atom. The van der Waals surface area contributed by atoms with Crippen LogP contribution in [0.1, 0.15) is 37.2 Å². The van der Waals surface area contributed by atoms with E-state index in [1.54, 1.807) is 17.5 Å². The summed E-state index contributed by atoms with van der Waals surface area (Å²) < 4.78 is 5.00. The minimum Gasteiger partial charge on any atom is -0.360 e. The predicted molar refractivity (Wildman–Crippen MR) is 67.9 cm³/mol. The molecule has 2 rings (SSSR count). The molecule has 5 heteroatoms. The van der Waals surface area contributed by atoms with Gasteiger partial charge in [-0.15, -0.1) is 11.3 Å². The van der Waals surface area contributed by atoms with Crippen molar-refractivity contribution in [1.29, 1.82) is 0 Å². The second-order valence-electron chi connectivity index (χ2n) is 4.98. The maximum Gasteiger partial charge on any atom is 0.150 e. The van der Waals surface area contributed by atoms with Gasteiger partial charge in [-0.2, -0.15) is 0 Å². The van der Waals surface area contributed by atoms with E-state index in [-0.39, 0.29) is 5.41 Å². The lowest BCUT2D eigenvalue weighted by Crippen LogP contribution is -2.14. The highest BCUT2D eigenvalue weighted by Crippen LogP contribution is 2.25. The van der Waals surface area contributed by atoms with Gasteiger partial charge in [0, 0.05) is 23.4 Å². The molecular formula is C12H17N3OS. The number of thiazole rings is 1. The Hall–Kier alpha value is -1.20. The highest BCUT2D eigenvalue weighted by atomic mass is 32.1. The molecule has 2 aromatic rings. The Balaban J connectivity index is 1.85. The van der Waals surface area contributed by atoms with Crippen LogP contribution in [0.5, 0.6) is 0 Å². The number of hydrogen-bond acceptors (Lipinski definition) is 5. The average molecular weight is 251 g/mol. The Labute approximate surface area is 105 Å². The third-order valence-corrected chi connectivity index (χ3v) is 3.61. The van der Waals surface area contributed by atoms with Crippen LogP contribution >= 0.6 is 11.3 Å². The summed E-state index contributed by atoms with van der Waals surface area (Å²) >= 11 is 1.72. The molecule has 0 aliphatic rings. The zero-order valence-electron chi connectivity index (χ0n) is 10.4. The lowest BCUT2D eigenvalue weighted by molar-refractivity contribution is 0.372. The van der Waals surface area contributed by atoms with Crippen molar-refractivity contribution in [3.05, 3.63) is 34.1 Å². The maximum absolute atomic E-state index is 5.00. The molecule has 17 heavy (non-hydrogen) atoms. The van der Waals surface area contributed by atoms with Crippen LogP contribution in [-0.2, 0) is 18.5 Å². The topological polar surface area (TPSA) is 51.0 Å². The highest BCUT2D eigenvalue weighted by Gasteiger charge is 2.17. The Bertz CT molecular complexity index is 456. The average Bonchev–Trinajstić information content (AvgIpc) is 2.86. The fraction of sp³-hybridized carbons (Fsp3) is 0.500. The summed E-state index contributed by atoms with van der Waals surface area (Å²) in [7, 11) is 0. The summed E-state index contributed by atoms with van der Waals surface area (Å²) in [6, 6.07) is 1.86. The molecule has 0 atom stereocenters. The number of rotatable bonds is 4. The standard InChI is InChI=1S/C12H17N3OS/c1-12(2,3)11-15-9(8-17-11)6-13-7-10-4-5-14-16-10/h4-5,8,13H,6-7H2,1-3H3. The monoisotopic (exact) mass is 251 g/mol. The molecule has 0 aliphatic heterocycles. The Kier molecular flexibility index (Phi) is 3.59. The molecular weight excluding hydrogens is 234 g/mol. The van der Waals surface area contributed by atoms with Gasteiger partial charge in [-0.05, 0) is 0 Å². The van der Waals surface area contributed by atoms with E-state index in [1.165, 1.54) is 5.01 Å². The van der Waals surface area contributed by atoms with E-state index < -0.39 is 0 Å². The second-order valence-corrected chi connectivity index (χ2v) is 5.83. The van der Waals surface area contributed by atoms with Gasteiger partial charge >= 0.3 is 0 Å². The quantitative estimate of drug-likeness (QED) is 0.907. The van der Waals surface area contributed by atoms with E-state index in [9.17, 15) is 0 Å². The first-order valence-corrected chi connectivity index (χ1v) is 6.49. The maximum atomic E-state index is 5.00.